The Morgan fingerprint density at radius 3 is 2.50 bits per heavy atom. The summed E-state index contributed by atoms with van der Waals surface area (Å²) in [6, 6.07) is 1.85. The van der Waals surface area contributed by atoms with Gasteiger partial charge in [0.2, 0.25) is 0 Å². The summed E-state index contributed by atoms with van der Waals surface area (Å²) < 4.78 is 0. The lowest BCUT2D eigenvalue weighted by Gasteiger charge is -2.12. The van der Waals surface area contributed by atoms with Crippen molar-refractivity contribution >= 4 is 23.2 Å². The van der Waals surface area contributed by atoms with Gasteiger partial charge < -0.3 is 4.90 Å². The smallest absolute Gasteiger partial charge is 0.134 e. The van der Waals surface area contributed by atoms with E-state index in [-0.39, 0.29) is 0 Å². The standard InChI is InChI=1S/C10H14Cl2N2/c1-7-6-9(11)13-10(12)8(7)4-5-14(2)3/h6H,4-5H2,1-3H3. The summed E-state index contributed by atoms with van der Waals surface area (Å²) >= 11 is 11.8. The first-order chi connectivity index (χ1) is 6.50. The van der Waals surface area contributed by atoms with Gasteiger partial charge in [0.25, 0.3) is 0 Å². The molecule has 0 aliphatic heterocycles. The minimum absolute atomic E-state index is 0.459. The maximum atomic E-state index is 6.00. The number of hydrogen-bond donors (Lipinski definition) is 0. The second-order valence-corrected chi connectivity index (χ2v) is 4.33. The second kappa shape index (κ2) is 4.96. The summed E-state index contributed by atoms with van der Waals surface area (Å²) in [6.07, 6.45) is 0.905. The van der Waals surface area contributed by atoms with Gasteiger partial charge in [0.15, 0.2) is 0 Å². The molecule has 0 aliphatic carbocycles. The third kappa shape index (κ3) is 3.12. The molecule has 0 bridgehead atoms. The maximum Gasteiger partial charge on any atom is 0.134 e. The van der Waals surface area contributed by atoms with Crippen molar-refractivity contribution in [3.8, 4) is 0 Å². The molecule has 0 N–H and O–H groups in total. The van der Waals surface area contributed by atoms with Crippen LogP contribution in [0.2, 0.25) is 10.3 Å². The van der Waals surface area contributed by atoms with Crippen molar-refractivity contribution in [2.45, 2.75) is 13.3 Å². The maximum absolute atomic E-state index is 6.00. The van der Waals surface area contributed by atoms with Gasteiger partial charge in [-0.2, -0.15) is 0 Å². The van der Waals surface area contributed by atoms with Gasteiger partial charge in [-0.1, -0.05) is 23.2 Å². The van der Waals surface area contributed by atoms with Crippen molar-refractivity contribution in [1.29, 1.82) is 0 Å². The summed E-state index contributed by atoms with van der Waals surface area (Å²) in [4.78, 5) is 6.14. The summed E-state index contributed by atoms with van der Waals surface area (Å²) in [5.41, 5.74) is 2.20. The molecule has 1 aromatic rings. The van der Waals surface area contributed by atoms with Crippen molar-refractivity contribution in [3.05, 3.63) is 27.5 Å². The molecule has 0 radical (unpaired) electrons. The van der Waals surface area contributed by atoms with E-state index in [9.17, 15) is 0 Å². The van der Waals surface area contributed by atoms with E-state index >= 15 is 0 Å². The molecular weight excluding hydrogens is 219 g/mol. The van der Waals surface area contributed by atoms with E-state index in [1.165, 1.54) is 0 Å². The van der Waals surface area contributed by atoms with Crippen LogP contribution in [0.4, 0.5) is 0 Å². The van der Waals surface area contributed by atoms with Crippen LogP contribution in [0.5, 0.6) is 0 Å². The molecule has 0 fully saturated rings. The lowest BCUT2D eigenvalue weighted by atomic mass is 10.1. The highest BCUT2D eigenvalue weighted by atomic mass is 35.5. The fraction of sp³-hybridized carbons (Fsp3) is 0.500. The van der Waals surface area contributed by atoms with Gasteiger partial charge in [0, 0.05) is 6.54 Å². The Morgan fingerprint density at radius 2 is 2.00 bits per heavy atom. The first-order valence-electron chi connectivity index (χ1n) is 4.47. The van der Waals surface area contributed by atoms with E-state index in [0.717, 1.165) is 24.1 Å². The highest BCUT2D eigenvalue weighted by molar-refractivity contribution is 6.33. The summed E-state index contributed by atoms with van der Waals surface area (Å²) in [6.45, 7) is 2.97. The predicted molar refractivity (Wildman–Crippen MR) is 61.3 cm³/mol. The van der Waals surface area contributed by atoms with Crippen molar-refractivity contribution in [2.75, 3.05) is 20.6 Å². The highest BCUT2D eigenvalue weighted by Gasteiger charge is 2.07. The number of hydrogen-bond acceptors (Lipinski definition) is 2. The molecule has 0 aromatic carbocycles. The Hall–Kier alpha value is -0.310. The molecular formula is C10H14Cl2N2. The topological polar surface area (TPSA) is 16.1 Å². The minimum Gasteiger partial charge on any atom is -0.309 e. The summed E-state index contributed by atoms with van der Waals surface area (Å²) in [5, 5.41) is 0.984. The summed E-state index contributed by atoms with van der Waals surface area (Å²) in [5.74, 6) is 0. The normalized spacial score (nSPS) is 11.0. The van der Waals surface area contributed by atoms with Crippen molar-refractivity contribution in [1.82, 2.24) is 9.88 Å². The van der Waals surface area contributed by atoms with E-state index in [1.54, 1.807) is 0 Å². The molecule has 0 unspecified atom stereocenters. The van der Waals surface area contributed by atoms with E-state index in [2.05, 4.69) is 9.88 Å². The quantitative estimate of drug-likeness (QED) is 0.746. The highest BCUT2D eigenvalue weighted by Crippen LogP contribution is 2.21. The Balaban J connectivity index is 2.86. The molecule has 1 aromatic heterocycles. The lowest BCUT2D eigenvalue weighted by molar-refractivity contribution is 0.413. The van der Waals surface area contributed by atoms with Gasteiger partial charge >= 0.3 is 0 Å². The van der Waals surface area contributed by atoms with Crippen LogP contribution in [0.25, 0.3) is 0 Å². The van der Waals surface area contributed by atoms with Crippen LogP contribution in [-0.2, 0) is 6.42 Å². The average Bonchev–Trinajstić information content (AvgIpc) is 2.01. The zero-order valence-electron chi connectivity index (χ0n) is 8.64. The van der Waals surface area contributed by atoms with Crippen molar-refractivity contribution in [3.63, 3.8) is 0 Å². The zero-order valence-corrected chi connectivity index (χ0v) is 10.2. The van der Waals surface area contributed by atoms with E-state index < -0.39 is 0 Å². The lowest BCUT2D eigenvalue weighted by Crippen LogP contribution is -2.16. The number of aromatic nitrogens is 1. The van der Waals surface area contributed by atoms with Crippen LogP contribution in [0, 0.1) is 6.92 Å². The van der Waals surface area contributed by atoms with Crippen LogP contribution >= 0.6 is 23.2 Å². The SMILES string of the molecule is Cc1cc(Cl)nc(Cl)c1CCN(C)C. The van der Waals surface area contributed by atoms with E-state index in [1.807, 2.05) is 27.1 Å². The molecule has 0 saturated carbocycles. The predicted octanol–water partition coefficient (Wildman–Crippen LogP) is 2.80. The largest absolute Gasteiger partial charge is 0.309 e. The molecule has 78 valence electrons. The Morgan fingerprint density at radius 1 is 1.36 bits per heavy atom. The Labute approximate surface area is 94.8 Å². The molecule has 14 heavy (non-hydrogen) atoms. The van der Waals surface area contributed by atoms with E-state index in [4.69, 9.17) is 23.2 Å². The molecule has 0 saturated heterocycles. The third-order valence-electron chi connectivity index (χ3n) is 2.07. The summed E-state index contributed by atoms with van der Waals surface area (Å²) in [7, 11) is 4.07. The number of likely N-dealkylation sites (N-methyl/N-ethyl adjacent to an activating group) is 1. The van der Waals surface area contributed by atoms with Gasteiger partial charge in [0.1, 0.15) is 10.3 Å². The first-order valence-corrected chi connectivity index (χ1v) is 5.22. The van der Waals surface area contributed by atoms with Crippen LogP contribution in [0.3, 0.4) is 0 Å². The third-order valence-corrected chi connectivity index (χ3v) is 2.58. The molecule has 1 rings (SSSR count). The molecule has 2 nitrogen and oxygen atoms in total. The molecule has 0 amide bonds. The van der Waals surface area contributed by atoms with Gasteiger partial charge in [-0.15, -0.1) is 0 Å². The monoisotopic (exact) mass is 232 g/mol. The van der Waals surface area contributed by atoms with Crippen LogP contribution < -0.4 is 0 Å². The van der Waals surface area contributed by atoms with Crippen molar-refractivity contribution < 1.29 is 0 Å². The van der Waals surface area contributed by atoms with Crippen LogP contribution in [0.15, 0.2) is 6.07 Å². The molecule has 1 heterocycles. The number of aryl methyl sites for hydroxylation is 1. The van der Waals surface area contributed by atoms with Gasteiger partial charge in [-0.05, 0) is 44.6 Å². The van der Waals surface area contributed by atoms with Gasteiger partial charge in [-0.25, -0.2) is 4.98 Å². The number of halogens is 2. The van der Waals surface area contributed by atoms with E-state index in [0.29, 0.717) is 10.3 Å². The number of rotatable bonds is 3. The second-order valence-electron chi connectivity index (χ2n) is 3.58. The molecule has 0 spiro atoms. The zero-order chi connectivity index (χ0) is 10.7. The molecule has 0 aliphatic rings. The number of nitrogens with zero attached hydrogens (tertiary/aromatic N) is 2. The number of pyridine rings is 1. The van der Waals surface area contributed by atoms with Crippen LogP contribution in [0.1, 0.15) is 11.1 Å². The first kappa shape index (κ1) is 11.8. The molecule has 0 atom stereocenters. The van der Waals surface area contributed by atoms with Gasteiger partial charge in [-0.3, -0.25) is 0 Å². The van der Waals surface area contributed by atoms with Crippen LogP contribution in [-0.4, -0.2) is 30.5 Å². The van der Waals surface area contributed by atoms with Crippen molar-refractivity contribution in [2.24, 2.45) is 0 Å². The van der Waals surface area contributed by atoms with Gasteiger partial charge in [0.05, 0.1) is 0 Å². The fourth-order valence-electron chi connectivity index (χ4n) is 1.26. The average molecular weight is 233 g/mol. The molecule has 4 heteroatoms. The Kier molecular flexibility index (Phi) is 4.17. The minimum atomic E-state index is 0.459. The fourth-order valence-corrected chi connectivity index (χ4v) is 1.88. The Bertz CT molecular complexity index is 301.